The molecule has 21 heavy (non-hydrogen) atoms. The van der Waals surface area contributed by atoms with Crippen LogP contribution in [0.3, 0.4) is 0 Å². The van der Waals surface area contributed by atoms with E-state index in [1.807, 2.05) is 17.2 Å². The lowest BCUT2D eigenvalue weighted by molar-refractivity contribution is 1.03. The van der Waals surface area contributed by atoms with E-state index >= 15 is 0 Å². The summed E-state index contributed by atoms with van der Waals surface area (Å²) in [6, 6.07) is 10.3. The van der Waals surface area contributed by atoms with Gasteiger partial charge in [-0.05, 0) is 35.2 Å². The lowest BCUT2D eigenvalue weighted by Gasteiger charge is -2.19. The molecule has 0 atom stereocenters. The quantitative estimate of drug-likeness (QED) is 0.715. The zero-order valence-corrected chi connectivity index (χ0v) is 12.0. The molecule has 2 N–H and O–H groups in total. The van der Waals surface area contributed by atoms with E-state index in [0.29, 0.717) is 13.0 Å². The van der Waals surface area contributed by atoms with Crippen LogP contribution in [0.25, 0.3) is 10.9 Å². The highest BCUT2D eigenvalue weighted by atomic mass is 32.1. The molecule has 2 aromatic heterocycles. The van der Waals surface area contributed by atoms with Gasteiger partial charge in [0.15, 0.2) is 0 Å². The number of anilines is 1. The Morgan fingerprint density at radius 2 is 2.00 bits per heavy atom. The van der Waals surface area contributed by atoms with Crippen molar-refractivity contribution in [3.8, 4) is 0 Å². The van der Waals surface area contributed by atoms with Gasteiger partial charge in [-0.2, -0.15) is 0 Å². The second-order valence-electron chi connectivity index (χ2n) is 5.23. The lowest BCUT2D eigenvalue weighted by atomic mass is 10.1. The Morgan fingerprint density at radius 3 is 2.90 bits per heavy atom. The van der Waals surface area contributed by atoms with E-state index in [4.69, 9.17) is 12.2 Å². The topological polar surface area (TPSA) is 51.9 Å². The van der Waals surface area contributed by atoms with Gasteiger partial charge in [-0.25, -0.2) is 0 Å². The Balaban J connectivity index is 1.73. The summed E-state index contributed by atoms with van der Waals surface area (Å²) in [7, 11) is 0. The molecule has 3 heterocycles. The molecule has 0 saturated carbocycles. The standard InChI is InChI=1S/C16H13N3OS/c20-16-12-8-15(21)19(14(12)4-6-18-16)9-10-1-2-13-11(7-10)3-5-17-13/h1-7,17H,8-9H2,(H,18,20). The van der Waals surface area contributed by atoms with Gasteiger partial charge in [-0.1, -0.05) is 18.3 Å². The Labute approximate surface area is 126 Å². The molecule has 4 rings (SSSR count). The van der Waals surface area contributed by atoms with Gasteiger partial charge < -0.3 is 14.9 Å². The Kier molecular flexibility index (Phi) is 2.68. The third-order valence-corrected chi connectivity index (χ3v) is 4.28. The van der Waals surface area contributed by atoms with Crippen LogP contribution in [0, 0.1) is 0 Å². The summed E-state index contributed by atoms with van der Waals surface area (Å²) in [6.45, 7) is 0.691. The highest BCUT2D eigenvalue weighted by molar-refractivity contribution is 7.80. The van der Waals surface area contributed by atoms with Crippen LogP contribution in [-0.2, 0) is 13.0 Å². The number of H-pyrrole nitrogens is 2. The number of nitrogens with zero attached hydrogens (tertiary/aromatic N) is 1. The van der Waals surface area contributed by atoms with E-state index in [1.165, 1.54) is 10.9 Å². The number of benzene rings is 1. The highest BCUT2D eigenvalue weighted by Gasteiger charge is 2.26. The SMILES string of the molecule is O=c1[nH]ccc2c1CC(=S)N2Cc1ccc2[nH]ccc2c1. The molecule has 0 bridgehead atoms. The molecule has 0 unspecified atom stereocenters. The first-order chi connectivity index (χ1) is 10.2. The van der Waals surface area contributed by atoms with Crippen LogP contribution in [0.1, 0.15) is 11.1 Å². The summed E-state index contributed by atoms with van der Waals surface area (Å²) in [4.78, 5) is 20.6. The third-order valence-electron chi connectivity index (χ3n) is 3.92. The fourth-order valence-corrected chi connectivity index (χ4v) is 3.17. The average molecular weight is 295 g/mol. The van der Waals surface area contributed by atoms with Gasteiger partial charge in [-0.15, -0.1) is 0 Å². The van der Waals surface area contributed by atoms with E-state index in [1.54, 1.807) is 6.20 Å². The zero-order chi connectivity index (χ0) is 14.4. The third kappa shape index (κ3) is 1.97. The monoisotopic (exact) mass is 295 g/mol. The van der Waals surface area contributed by atoms with Crippen LogP contribution in [0.2, 0.25) is 0 Å². The summed E-state index contributed by atoms with van der Waals surface area (Å²) in [5.74, 6) is 0. The fraction of sp³-hybridized carbons (Fsp3) is 0.125. The Hall–Kier alpha value is -2.40. The molecule has 0 spiro atoms. The van der Waals surface area contributed by atoms with Crippen molar-refractivity contribution >= 4 is 33.8 Å². The van der Waals surface area contributed by atoms with Gasteiger partial charge >= 0.3 is 0 Å². The number of pyridine rings is 1. The van der Waals surface area contributed by atoms with Crippen molar-refractivity contribution in [1.29, 1.82) is 0 Å². The maximum atomic E-state index is 11.8. The Morgan fingerprint density at radius 1 is 1.14 bits per heavy atom. The Bertz CT molecular complexity index is 909. The number of fused-ring (bicyclic) bond motifs is 2. The first-order valence-corrected chi connectivity index (χ1v) is 7.20. The van der Waals surface area contributed by atoms with E-state index in [2.05, 4.69) is 34.2 Å². The van der Waals surface area contributed by atoms with Crippen LogP contribution >= 0.6 is 12.2 Å². The second-order valence-corrected chi connectivity index (χ2v) is 5.70. The van der Waals surface area contributed by atoms with Crippen LogP contribution in [0.5, 0.6) is 0 Å². The van der Waals surface area contributed by atoms with Crippen LogP contribution in [-0.4, -0.2) is 15.0 Å². The molecule has 0 aliphatic carbocycles. The predicted molar refractivity (Wildman–Crippen MR) is 87.8 cm³/mol. The maximum absolute atomic E-state index is 11.8. The van der Waals surface area contributed by atoms with Gasteiger partial charge in [0.1, 0.15) is 0 Å². The second kappa shape index (κ2) is 4.56. The molecule has 0 saturated heterocycles. The van der Waals surface area contributed by atoms with Crippen molar-refractivity contribution in [3.63, 3.8) is 0 Å². The minimum absolute atomic E-state index is 0.0431. The van der Waals surface area contributed by atoms with Gasteiger partial charge in [0, 0.05) is 36.4 Å². The largest absolute Gasteiger partial charge is 0.361 e. The molecular weight excluding hydrogens is 282 g/mol. The van der Waals surface area contributed by atoms with E-state index < -0.39 is 0 Å². The van der Waals surface area contributed by atoms with Crippen LogP contribution in [0.4, 0.5) is 5.69 Å². The molecule has 0 radical (unpaired) electrons. The van der Waals surface area contributed by atoms with E-state index in [-0.39, 0.29) is 5.56 Å². The minimum Gasteiger partial charge on any atom is -0.361 e. The number of aromatic nitrogens is 2. The predicted octanol–water partition coefficient (Wildman–Crippen LogP) is 2.75. The molecule has 1 aliphatic rings. The number of thiocarbonyl (C=S) groups is 1. The molecular formula is C16H13N3OS. The maximum Gasteiger partial charge on any atom is 0.253 e. The van der Waals surface area contributed by atoms with Gasteiger partial charge in [0.2, 0.25) is 0 Å². The molecule has 104 valence electrons. The number of hydrogen-bond acceptors (Lipinski definition) is 2. The summed E-state index contributed by atoms with van der Waals surface area (Å²) in [5.41, 5.74) is 3.96. The molecule has 3 aromatic rings. The van der Waals surface area contributed by atoms with Crippen LogP contribution in [0.15, 0.2) is 47.5 Å². The van der Waals surface area contributed by atoms with Crippen molar-refractivity contribution in [1.82, 2.24) is 9.97 Å². The average Bonchev–Trinajstić information content (AvgIpc) is 3.05. The molecule has 0 fully saturated rings. The molecule has 1 aliphatic heterocycles. The molecule has 5 heteroatoms. The van der Waals surface area contributed by atoms with Gasteiger partial charge in [0.25, 0.3) is 5.56 Å². The fourth-order valence-electron chi connectivity index (χ4n) is 2.86. The normalized spacial score (nSPS) is 13.9. The van der Waals surface area contributed by atoms with Crippen molar-refractivity contribution in [2.24, 2.45) is 0 Å². The molecule has 1 aromatic carbocycles. The minimum atomic E-state index is -0.0431. The number of rotatable bonds is 2. The van der Waals surface area contributed by atoms with Crippen molar-refractivity contribution in [2.45, 2.75) is 13.0 Å². The van der Waals surface area contributed by atoms with Crippen molar-refractivity contribution < 1.29 is 0 Å². The van der Waals surface area contributed by atoms with Crippen LogP contribution < -0.4 is 10.5 Å². The van der Waals surface area contributed by atoms with Gasteiger partial charge in [-0.3, -0.25) is 4.79 Å². The van der Waals surface area contributed by atoms with Crippen molar-refractivity contribution in [2.75, 3.05) is 4.90 Å². The first kappa shape index (κ1) is 12.3. The number of nitrogens with one attached hydrogen (secondary N) is 2. The highest BCUT2D eigenvalue weighted by Crippen LogP contribution is 2.28. The summed E-state index contributed by atoms with van der Waals surface area (Å²) >= 11 is 5.45. The van der Waals surface area contributed by atoms with Crippen molar-refractivity contribution in [3.05, 3.63) is 64.2 Å². The smallest absolute Gasteiger partial charge is 0.253 e. The summed E-state index contributed by atoms with van der Waals surface area (Å²) < 4.78 is 0. The van der Waals surface area contributed by atoms with E-state index in [9.17, 15) is 4.79 Å². The number of aromatic amines is 2. The molecule has 0 amide bonds. The molecule has 4 nitrogen and oxygen atoms in total. The lowest BCUT2D eigenvalue weighted by Crippen LogP contribution is -2.24. The van der Waals surface area contributed by atoms with Gasteiger partial charge in [0.05, 0.1) is 10.7 Å². The van der Waals surface area contributed by atoms with E-state index in [0.717, 1.165) is 21.8 Å². The summed E-state index contributed by atoms with van der Waals surface area (Å²) in [6.07, 6.45) is 4.16. The zero-order valence-electron chi connectivity index (χ0n) is 11.2. The summed E-state index contributed by atoms with van der Waals surface area (Å²) in [5, 5.41) is 1.18. The number of hydrogen-bond donors (Lipinski definition) is 2. The first-order valence-electron chi connectivity index (χ1n) is 6.79.